The molecule has 0 radical (unpaired) electrons. The number of ether oxygens (including phenoxy) is 2. The zero-order chi connectivity index (χ0) is 15.5. The smallest absolute Gasteiger partial charge is 0.410 e. The standard InChI is InChI=1S/C15H26N2O4/c1-15(2,3)21-14(19)17-7-4-11(10-17)13(18)16-12-5-8-20-9-6-12/h11-12H,4-10H2,1-3H3,(H,16,18). The van der Waals surface area contributed by atoms with Gasteiger partial charge in [-0.1, -0.05) is 0 Å². The zero-order valence-corrected chi connectivity index (χ0v) is 13.2. The van der Waals surface area contributed by atoms with E-state index in [4.69, 9.17) is 9.47 Å². The Morgan fingerprint density at radius 1 is 1.19 bits per heavy atom. The maximum absolute atomic E-state index is 12.2. The van der Waals surface area contributed by atoms with Gasteiger partial charge in [0, 0.05) is 32.3 Å². The summed E-state index contributed by atoms with van der Waals surface area (Å²) in [5, 5.41) is 3.07. The maximum atomic E-state index is 12.2. The summed E-state index contributed by atoms with van der Waals surface area (Å²) < 4.78 is 10.6. The number of carbonyl (C=O) groups excluding carboxylic acids is 2. The van der Waals surface area contributed by atoms with Gasteiger partial charge in [0.15, 0.2) is 0 Å². The van der Waals surface area contributed by atoms with E-state index in [1.807, 2.05) is 20.8 Å². The van der Waals surface area contributed by atoms with Crippen molar-refractivity contribution in [2.24, 2.45) is 5.92 Å². The first kappa shape index (κ1) is 16.1. The van der Waals surface area contributed by atoms with E-state index in [0.29, 0.717) is 32.7 Å². The van der Waals surface area contributed by atoms with Gasteiger partial charge in [-0.2, -0.15) is 0 Å². The molecule has 2 fully saturated rings. The van der Waals surface area contributed by atoms with Crippen molar-refractivity contribution in [2.75, 3.05) is 26.3 Å². The van der Waals surface area contributed by atoms with E-state index in [0.717, 1.165) is 12.8 Å². The molecule has 1 N–H and O–H groups in total. The second-order valence-electron chi connectivity index (χ2n) is 6.81. The molecule has 6 nitrogen and oxygen atoms in total. The quantitative estimate of drug-likeness (QED) is 0.839. The third kappa shape index (κ3) is 4.88. The molecule has 1 atom stereocenters. The van der Waals surface area contributed by atoms with Gasteiger partial charge in [-0.3, -0.25) is 4.79 Å². The minimum Gasteiger partial charge on any atom is -0.444 e. The summed E-state index contributed by atoms with van der Waals surface area (Å²) in [5.74, 6) is -0.0756. The van der Waals surface area contributed by atoms with Crippen molar-refractivity contribution in [1.82, 2.24) is 10.2 Å². The lowest BCUT2D eigenvalue weighted by Gasteiger charge is -2.25. The van der Waals surface area contributed by atoms with Gasteiger partial charge in [-0.15, -0.1) is 0 Å². The fourth-order valence-corrected chi connectivity index (χ4v) is 2.63. The molecule has 2 heterocycles. The minimum atomic E-state index is -0.500. The summed E-state index contributed by atoms with van der Waals surface area (Å²) in [6.07, 6.45) is 2.11. The number of likely N-dealkylation sites (tertiary alicyclic amines) is 1. The summed E-state index contributed by atoms with van der Waals surface area (Å²) in [6, 6.07) is 0.210. The van der Waals surface area contributed by atoms with Crippen molar-refractivity contribution in [3.05, 3.63) is 0 Å². The van der Waals surface area contributed by atoms with E-state index in [1.165, 1.54) is 0 Å². The van der Waals surface area contributed by atoms with Gasteiger partial charge < -0.3 is 19.7 Å². The highest BCUT2D eigenvalue weighted by molar-refractivity contribution is 5.80. The molecule has 2 saturated heterocycles. The topological polar surface area (TPSA) is 67.9 Å². The largest absolute Gasteiger partial charge is 0.444 e. The number of hydrogen-bond donors (Lipinski definition) is 1. The van der Waals surface area contributed by atoms with E-state index in [1.54, 1.807) is 4.90 Å². The molecular weight excluding hydrogens is 272 g/mol. The summed E-state index contributed by atoms with van der Waals surface area (Å²) in [5.41, 5.74) is -0.500. The van der Waals surface area contributed by atoms with Gasteiger partial charge in [0.25, 0.3) is 0 Å². The predicted octanol–water partition coefficient (Wildman–Crippen LogP) is 1.54. The Labute approximate surface area is 126 Å². The second kappa shape index (κ2) is 6.64. The van der Waals surface area contributed by atoms with Crippen LogP contribution in [-0.4, -0.2) is 54.8 Å². The highest BCUT2D eigenvalue weighted by atomic mass is 16.6. The number of hydrogen-bond acceptors (Lipinski definition) is 4. The molecular formula is C15H26N2O4. The van der Waals surface area contributed by atoms with Crippen LogP contribution in [0, 0.1) is 5.92 Å². The van der Waals surface area contributed by atoms with Gasteiger partial charge in [0.2, 0.25) is 5.91 Å². The van der Waals surface area contributed by atoms with E-state index in [9.17, 15) is 9.59 Å². The first-order valence-electron chi connectivity index (χ1n) is 7.71. The Kier molecular flexibility index (Phi) is 5.08. The Morgan fingerprint density at radius 2 is 1.86 bits per heavy atom. The van der Waals surface area contributed by atoms with Crippen LogP contribution in [0.4, 0.5) is 4.79 Å². The minimum absolute atomic E-state index is 0.0490. The van der Waals surface area contributed by atoms with Crippen LogP contribution in [0.25, 0.3) is 0 Å². The first-order chi connectivity index (χ1) is 9.85. The average molecular weight is 298 g/mol. The van der Waals surface area contributed by atoms with E-state index >= 15 is 0 Å². The molecule has 0 saturated carbocycles. The summed E-state index contributed by atoms with van der Waals surface area (Å²) >= 11 is 0. The molecule has 2 rings (SSSR count). The van der Waals surface area contributed by atoms with Crippen molar-refractivity contribution in [3.8, 4) is 0 Å². The third-order valence-electron chi connectivity index (χ3n) is 3.78. The molecule has 0 aliphatic carbocycles. The van der Waals surface area contributed by atoms with Crippen molar-refractivity contribution in [3.63, 3.8) is 0 Å². The summed E-state index contributed by atoms with van der Waals surface area (Å²) in [7, 11) is 0. The van der Waals surface area contributed by atoms with Crippen LogP contribution < -0.4 is 5.32 Å². The van der Waals surface area contributed by atoms with Crippen molar-refractivity contribution < 1.29 is 19.1 Å². The second-order valence-corrected chi connectivity index (χ2v) is 6.81. The van der Waals surface area contributed by atoms with Gasteiger partial charge in [-0.25, -0.2) is 4.79 Å². The molecule has 2 aliphatic heterocycles. The number of nitrogens with zero attached hydrogens (tertiary/aromatic N) is 1. The maximum Gasteiger partial charge on any atom is 0.410 e. The van der Waals surface area contributed by atoms with Crippen molar-refractivity contribution in [2.45, 2.75) is 51.7 Å². The Morgan fingerprint density at radius 3 is 2.48 bits per heavy atom. The van der Waals surface area contributed by atoms with Crippen LogP contribution >= 0.6 is 0 Å². The lowest BCUT2D eigenvalue weighted by atomic mass is 10.1. The molecule has 2 aliphatic rings. The molecule has 0 aromatic carbocycles. The molecule has 0 aromatic rings. The van der Waals surface area contributed by atoms with Crippen LogP contribution in [0.2, 0.25) is 0 Å². The summed E-state index contributed by atoms with van der Waals surface area (Å²) in [6.45, 7) is 7.98. The van der Waals surface area contributed by atoms with Crippen molar-refractivity contribution >= 4 is 12.0 Å². The van der Waals surface area contributed by atoms with Gasteiger partial charge in [0.1, 0.15) is 5.60 Å². The monoisotopic (exact) mass is 298 g/mol. The Balaban J connectivity index is 1.78. The Bertz CT molecular complexity index is 386. The lowest BCUT2D eigenvalue weighted by molar-refractivity contribution is -0.125. The average Bonchev–Trinajstić information content (AvgIpc) is 2.87. The van der Waals surface area contributed by atoms with E-state index in [-0.39, 0.29) is 24.0 Å². The number of carbonyl (C=O) groups is 2. The van der Waals surface area contributed by atoms with Gasteiger partial charge in [0.05, 0.1) is 5.92 Å². The Hall–Kier alpha value is -1.30. The van der Waals surface area contributed by atoms with Crippen LogP contribution in [0.1, 0.15) is 40.0 Å². The molecule has 6 heteroatoms. The fourth-order valence-electron chi connectivity index (χ4n) is 2.63. The van der Waals surface area contributed by atoms with Crippen LogP contribution in [0.15, 0.2) is 0 Å². The van der Waals surface area contributed by atoms with Crippen LogP contribution in [-0.2, 0) is 14.3 Å². The van der Waals surface area contributed by atoms with Crippen LogP contribution in [0.5, 0.6) is 0 Å². The first-order valence-corrected chi connectivity index (χ1v) is 7.71. The normalized spacial score (nSPS) is 24.0. The van der Waals surface area contributed by atoms with Gasteiger partial charge in [-0.05, 0) is 40.0 Å². The number of rotatable bonds is 2. The summed E-state index contributed by atoms with van der Waals surface area (Å²) in [4.78, 5) is 25.8. The predicted molar refractivity (Wildman–Crippen MR) is 77.9 cm³/mol. The molecule has 0 bridgehead atoms. The lowest BCUT2D eigenvalue weighted by Crippen LogP contribution is -2.43. The molecule has 0 spiro atoms. The van der Waals surface area contributed by atoms with E-state index < -0.39 is 5.60 Å². The number of nitrogens with one attached hydrogen (secondary N) is 1. The molecule has 1 unspecified atom stereocenters. The molecule has 0 aromatic heterocycles. The van der Waals surface area contributed by atoms with Gasteiger partial charge >= 0.3 is 6.09 Å². The highest BCUT2D eigenvalue weighted by Crippen LogP contribution is 2.20. The zero-order valence-electron chi connectivity index (χ0n) is 13.2. The molecule has 2 amide bonds. The number of amides is 2. The molecule has 120 valence electrons. The van der Waals surface area contributed by atoms with Crippen molar-refractivity contribution in [1.29, 1.82) is 0 Å². The molecule has 21 heavy (non-hydrogen) atoms. The SMILES string of the molecule is CC(C)(C)OC(=O)N1CCC(C(=O)NC2CCOCC2)C1. The highest BCUT2D eigenvalue weighted by Gasteiger charge is 2.34. The van der Waals surface area contributed by atoms with Crippen LogP contribution in [0.3, 0.4) is 0 Å². The van der Waals surface area contributed by atoms with E-state index in [2.05, 4.69) is 5.32 Å². The fraction of sp³-hybridized carbons (Fsp3) is 0.867. The third-order valence-corrected chi connectivity index (χ3v) is 3.78.